The van der Waals surface area contributed by atoms with Crippen LogP contribution in [0.2, 0.25) is 0 Å². The lowest BCUT2D eigenvalue weighted by Crippen LogP contribution is -2.38. The van der Waals surface area contributed by atoms with E-state index < -0.39 is 0 Å². The second kappa shape index (κ2) is 4.67. The first-order valence-electron chi connectivity index (χ1n) is 5.50. The van der Waals surface area contributed by atoms with Crippen LogP contribution in [0.15, 0.2) is 24.3 Å². The molecule has 0 amide bonds. The zero-order valence-corrected chi connectivity index (χ0v) is 10.1. The Morgan fingerprint density at radius 2 is 2.07 bits per heavy atom. The maximum absolute atomic E-state index is 6.29. The van der Waals surface area contributed by atoms with E-state index in [0.29, 0.717) is 12.5 Å². The average molecular weight is 207 g/mol. The Balaban J connectivity index is 2.99. The molecule has 0 aromatic heterocycles. The van der Waals surface area contributed by atoms with Crippen LogP contribution in [0, 0.1) is 5.92 Å². The highest BCUT2D eigenvalue weighted by Gasteiger charge is 2.25. The third kappa shape index (κ3) is 2.72. The fourth-order valence-electron chi connectivity index (χ4n) is 1.42. The summed E-state index contributed by atoms with van der Waals surface area (Å²) in [6.45, 7) is 8.99. The van der Waals surface area contributed by atoms with Gasteiger partial charge in [-0.2, -0.15) is 0 Å². The molecule has 1 aromatic rings. The number of benzene rings is 1. The van der Waals surface area contributed by atoms with E-state index in [9.17, 15) is 0 Å². The van der Waals surface area contributed by atoms with Crippen LogP contribution >= 0.6 is 0 Å². The van der Waals surface area contributed by atoms with E-state index in [1.165, 1.54) is 0 Å². The van der Waals surface area contributed by atoms with E-state index >= 15 is 0 Å². The molecule has 15 heavy (non-hydrogen) atoms. The molecular weight excluding hydrogens is 186 g/mol. The maximum atomic E-state index is 6.29. The van der Waals surface area contributed by atoms with Crippen LogP contribution in [0.4, 0.5) is 0 Å². The lowest BCUT2D eigenvalue weighted by molar-refractivity contribution is 0.330. The molecule has 1 atom stereocenters. The standard InChI is InChI=1S/C13H21NO/c1-5-15-12-8-6-7-11(9-12)13(4,14)10(2)3/h6-10H,5,14H2,1-4H3. The summed E-state index contributed by atoms with van der Waals surface area (Å²) < 4.78 is 5.47. The lowest BCUT2D eigenvalue weighted by atomic mass is 9.83. The van der Waals surface area contributed by atoms with Crippen LogP contribution in [0.25, 0.3) is 0 Å². The largest absolute Gasteiger partial charge is 0.494 e. The van der Waals surface area contributed by atoms with Gasteiger partial charge in [0.15, 0.2) is 0 Å². The third-order valence-corrected chi connectivity index (χ3v) is 2.97. The van der Waals surface area contributed by atoms with Crippen LogP contribution in [-0.4, -0.2) is 6.61 Å². The summed E-state index contributed by atoms with van der Waals surface area (Å²) in [5, 5.41) is 0. The van der Waals surface area contributed by atoms with Gasteiger partial charge in [-0.1, -0.05) is 26.0 Å². The molecule has 1 unspecified atom stereocenters. The Bertz CT molecular complexity index is 318. The molecule has 2 nitrogen and oxygen atoms in total. The number of hydrogen-bond donors (Lipinski definition) is 1. The van der Waals surface area contributed by atoms with Gasteiger partial charge in [0, 0.05) is 5.54 Å². The molecule has 0 bridgehead atoms. The van der Waals surface area contributed by atoms with Crippen molar-refractivity contribution in [3.05, 3.63) is 29.8 Å². The van der Waals surface area contributed by atoms with Gasteiger partial charge in [-0.3, -0.25) is 0 Å². The average Bonchev–Trinajstić information content (AvgIpc) is 2.18. The van der Waals surface area contributed by atoms with Gasteiger partial charge in [-0.15, -0.1) is 0 Å². The van der Waals surface area contributed by atoms with Crippen molar-refractivity contribution in [2.24, 2.45) is 11.7 Å². The van der Waals surface area contributed by atoms with Crippen molar-refractivity contribution in [2.45, 2.75) is 33.2 Å². The van der Waals surface area contributed by atoms with E-state index in [2.05, 4.69) is 26.8 Å². The minimum atomic E-state index is -0.299. The van der Waals surface area contributed by atoms with Gasteiger partial charge in [0.25, 0.3) is 0 Å². The van der Waals surface area contributed by atoms with Crippen molar-refractivity contribution in [3.8, 4) is 5.75 Å². The molecule has 1 aromatic carbocycles. The molecule has 0 saturated heterocycles. The number of ether oxygens (including phenoxy) is 1. The molecule has 0 spiro atoms. The molecule has 0 radical (unpaired) electrons. The van der Waals surface area contributed by atoms with E-state index in [-0.39, 0.29) is 5.54 Å². The van der Waals surface area contributed by atoms with E-state index in [1.807, 2.05) is 25.1 Å². The van der Waals surface area contributed by atoms with Gasteiger partial charge in [-0.05, 0) is 37.5 Å². The van der Waals surface area contributed by atoms with Crippen molar-refractivity contribution in [2.75, 3.05) is 6.61 Å². The molecular formula is C13H21NO. The van der Waals surface area contributed by atoms with Gasteiger partial charge < -0.3 is 10.5 Å². The van der Waals surface area contributed by atoms with Crippen LogP contribution < -0.4 is 10.5 Å². The quantitative estimate of drug-likeness (QED) is 0.824. The van der Waals surface area contributed by atoms with E-state index in [0.717, 1.165) is 11.3 Å². The molecule has 0 aliphatic carbocycles. The van der Waals surface area contributed by atoms with Crippen molar-refractivity contribution >= 4 is 0 Å². The molecule has 0 aliphatic heterocycles. The summed E-state index contributed by atoms with van der Waals surface area (Å²) in [6, 6.07) is 8.04. The van der Waals surface area contributed by atoms with Gasteiger partial charge in [-0.25, -0.2) is 0 Å². The van der Waals surface area contributed by atoms with E-state index in [4.69, 9.17) is 10.5 Å². The zero-order chi connectivity index (χ0) is 11.5. The second-order valence-electron chi connectivity index (χ2n) is 4.40. The number of nitrogens with two attached hydrogens (primary N) is 1. The highest BCUT2D eigenvalue weighted by Crippen LogP contribution is 2.28. The summed E-state index contributed by atoms with van der Waals surface area (Å²) in [6.07, 6.45) is 0. The molecule has 2 heteroatoms. The summed E-state index contributed by atoms with van der Waals surface area (Å²) in [5.41, 5.74) is 7.12. The minimum absolute atomic E-state index is 0.299. The highest BCUT2D eigenvalue weighted by molar-refractivity contribution is 5.33. The fraction of sp³-hybridized carbons (Fsp3) is 0.538. The maximum Gasteiger partial charge on any atom is 0.119 e. The molecule has 0 heterocycles. The third-order valence-electron chi connectivity index (χ3n) is 2.97. The molecule has 0 saturated carbocycles. The number of rotatable bonds is 4. The Labute approximate surface area is 92.4 Å². The molecule has 1 rings (SSSR count). The predicted molar refractivity (Wildman–Crippen MR) is 64.0 cm³/mol. The zero-order valence-electron chi connectivity index (χ0n) is 10.1. The summed E-state index contributed by atoms with van der Waals surface area (Å²) in [5.74, 6) is 1.29. The van der Waals surface area contributed by atoms with Crippen molar-refractivity contribution in [1.82, 2.24) is 0 Å². The molecule has 84 valence electrons. The Kier molecular flexibility index (Phi) is 3.75. The van der Waals surface area contributed by atoms with Crippen molar-refractivity contribution in [3.63, 3.8) is 0 Å². The fourth-order valence-corrected chi connectivity index (χ4v) is 1.42. The van der Waals surface area contributed by atoms with Gasteiger partial charge in [0.2, 0.25) is 0 Å². The van der Waals surface area contributed by atoms with Crippen LogP contribution in [0.5, 0.6) is 5.75 Å². The predicted octanol–water partition coefficient (Wildman–Crippen LogP) is 2.92. The normalized spacial score (nSPS) is 15.1. The van der Waals surface area contributed by atoms with Crippen LogP contribution in [0.3, 0.4) is 0 Å². The number of hydrogen-bond acceptors (Lipinski definition) is 2. The van der Waals surface area contributed by atoms with Gasteiger partial charge in [0.1, 0.15) is 5.75 Å². The summed E-state index contributed by atoms with van der Waals surface area (Å²) in [7, 11) is 0. The first-order valence-corrected chi connectivity index (χ1v) is 5.50. The first kappa shape index (κ1) is 12.1. The minimum Gasteiger partial charge on any atom is -0.494 e. The van der Waals surface area contributed by atoms with Gasteiger partial charge >= 0.3 is 0 Å². The van der Waals surface area contributed by atoms with Crippen molar-refractivity contribution < 1.29 is 4.74 Å². The molecule has 2 N–H and O–H groups in total. The van der Waals surface area contributed by atoms with E-state index in [1.54, 1.807) is 0 Å². The topological polar surface area (TPSA) is 35.2 Å². The molecule has 0 fully saturated rings. The first-order chi connectivity index (χ1) is 6.98. The Morgan fingerprint density at radius 1 is 1.40 bits per heavy atom. The van der Waals surface area contributed by atoms with Crippen molar-refractivity contribution in [1.29, 1.82) is 0 Å². The van der Waals surface area contributed by atoms with Crippen LogP contribution in [-0.2, 0) is 5.54 Å². The smallest absolute Gasteiger partial charge is 0.119 e. The second-order valence-corrected chi connectivity index (χ2v) is 4.40. The Hall–Kier alpha value is -1.02. The highest BCUT2D eigenvalue weighted by atomic mass is 16.5. The summed E-state index contributed by atoms with van der Waals surface area (Å²) in [4.78, 5) is 0. The monoisotopic (exact) mass is 207 g/mol. The summed E-state index contributed by atoms with van der Waals surface area (Å²) >= 11 is 0. The SMILES string of the molecule is CCOc1cccc(C(C)(N)C(C)C)c1. The molecule has 0 aliphatic rings. The van der Waals surface area contributed by atoms with Gasteiger partial charge in [0.05, 0.1) is 6.61 Å². The lowest BCUT2D eigenvalue weighted by Gasteiger charge is -2.30. The van der Waals surface area contributed by atoms with Crippen LogP contribution in [0.1, 0.15) is 33.3 Å². The Morgan fingerprint density at radius 3 is 2.60 bits per heavy atom.